The molecule has 0 aliphatic heterocycles. The van der Waals surface area contributed by atoms with Crippen LogP contribution in [0.4, 0.5) is 0 Å². The largest absolute Gasteiger partial charge is 0.287 e. The molecule has 4 nitrogen and oxygen atoms in total. The molecule has 1 amide bonds. The van der Waals surface area contributed by atoms with Crippen LogP contribution < -0.4 is 0 Å². The van der Waals surface area contributed by atoms with Crippen LogP contribution in [0.1, 0.15) is 29.8 Å². The van der Waals surface area contributed by atoms with Gasteiger partial charge in [0.05, 0.1) is 0 Å². The minimum Gasteiger partial charge on any atom is -0.287 e. The lowest BCUT2D eigenvalue weighted by molar-refractivity contribution is 0.100. The van der Waals surface area contributed by atoms with Gasteiger partial charge < -0.3 is 0 Å². The maximum absolute atomic E-state index is 11.5. The second kappa shape index (κ2) is 6.99. The fraction of sp³-hybridized carbons (Fsp3) is 0.133. The highest BCUT2D eigenvalue weighted by Gasteiger charge is 2.07. The topological polar surface area (TPSA) is 65.8 Å². The molecular formula is C15H15N3O. The van der Waals surface area contributed by atoms with Crippen LogP contribution in [0.3, 0.4) is 0 Å². The molecule has 0 saturated carbocycles. The van der Waals surface area contributed by atoms with E-state index in [1.54, 1.807) is 24.3 Å². The van der Waals surface area contributed by atoms with Crippen LogP contribution >= 0.6 is 0 Å². The van der Waals surface area contributed by atoms with Crippen molar-refractivity contribution in [3.63, 3.8) is 0 Å². The van der Waals surface area contributed by atoms with Crippen molar-refractivity contribution in [3.8, 4) is 0 Å². The summed E-state index contributed by atoms with van der Waals surface area (Å²) < 4.78 is 0. The van der Waals surface area contributed by atoms with E-state index in [9.17, 15) is 4.79 Å². The highest BCUT2D eigenvalue weighted by molar-refractivity contribution is 5.96. The van der Waals surface area contributed by atoms with Crippen molar-refractivity contribution in [2.75, 3.05) is 0 Å². The predicted molar refractivity (Wildman–Crippen MR) is 77.5 cm³/mol. The molecular weight excluding hydrogens is 238 g/mol. The quantitative estimate of drug-likeness (QED) is 0.332. The Morgan fingerprint density at radius 2 is 2.11 bits per heavy atom. The summed E-state index contributed by atoms with van der Waals surface area (Å²) in [6.07, 6.45) is 5.56. The van der Waals surface area contributed by atoms with E-state index >= 15 is 0 Å². The third-order valence-electron chi connectivity index (χ3n) is 2.70. The molecule has 1 rings (SSSR count). The van der Waals surface area contributed by atoms with Gasteiger partial charge >= 0.3 is 0 Å². The van der Waals surface area contributed by atoms with Gasteiger partial charge in [-0.3, -0.25) is 4.79 Å². The molecule has 0 bridgehead atoms. The smallest absolute Gasteiger partial charge is 0.249 e. The van der Waals surface area contributed by atoms with Crippen molar-refractivity contribution in [2.24, 2.45) is 5.11 Å². The van der Waals surface area contributed by atoms with Crippen LogP contribution in [0.2, 0.25) is 0 Å². The van der Waals surface area contributed by atoms with Crippen molar-refractivity contribution in [1.29, 1.82) is 0 Å². The van der Waals surface area contributed by atoms with E-state index in [2.05, 4.69) is 16.6 Å². The van der Waals surface area contributed by atoms with Crippen LogP contribution in [-0.2, 0) is 0 Å². The third-order valence-corrected chi connectivity index (χ3v) is 2.70. The summed E-state index contributed by atoms with van der Waals surface area (Å²) in [7, 11) is 0. The summed E-state index contributed by atoms with van der Waals surface area (Å²) in [6, 6.07) is 6.99. The molecule has 0 N–H and O–H groups in total. The second-order valence-corrected chi connectivity index (χ2v) is 3.86. The summed E-state index contributed by atoms with van der Waals surface area (Å²) in [5.74, 6) is -0.583. The molecule has 0 radical (unpaired) electrons. The first-order valence-corrected chi connectivity index (χ1v) is 5.80. The van der Waals surface area contributed by atoms with Gasteiger partial charge in [0.15, 0.2) is 0 Å². The first-order chi connectivity index (χ1) is 9.13. The Bertz CT molecular complexity index is 606. The first kappa shape index (κ1) is 14.5. The maximum Gasteiger partial charge on any atom is 0.249 e. The van der Waals surface area contributed by atoms with E-state index in [4.69, 9.17) is 5.53 Å². The molecule has 0 unspecified atom stereocenters. The Morgan fingerprint density at radius 3 is 2.68 bits per heavy atom. The van der Waals surface area contributed by atoms with Gasteiger partial charge in [-0.25, -0.2) is 0 Å². The normalized spacial score (nSPS) is 11.7. The Labute approximate surface area is 112 Å². The summed E-state index contributed by atoms with van der Waals surface area (Å²) in [5.41, 5.74) is 11.6. The van der Waals surface area contributed by atoms with Crippen LogP contribution in [0.5, 0.6) is 0 Å². The van der Waals surface area contributed by atoms with Gasteiger partial charge in [-0.15, -0.1) is 0 Å². The monoisotopic (exact) mass is 253 g/mol. The average Bonchev–Trinajstić information content (AvgIpc) is 2.44. The molecule has 1 aromatic rings. The minimum atomic E-state index is -0.583. The zero-order chi connectivity index (χ0) is 14.3. The lowest BCUT2D eigenvalue weighted by atomic mass is 9.96. The van der Waals surface area contributed by atoms with Crippen molar-refractivity contribution in [2.45, 2.75) is 13.8 Å². The molecule has 0 aliphatic rings. The third kappa shape index (κ3) is 3.69. The van der Waals surface area contributed by atoms with E-state index in [1.807, 2.05) is 32.1 Å². The van der Waals surface area contributed by atoms with Crippen molar-refractivity contribution in [3.05, 3.63) is 76.2 Å². The number of carbonyl (C=O) groups excluding carboxylic acids is 1. The van der Waals surface area contributed by atoms with Crippen LogP contribution in [-0.4, -0.2) is 5.91 Å². The number of amides is 1. The minimum absolute atomic E-state index is 0.370. The number of allylic oxidation sites excluding steroid dienone is 5. The average molecular weight is 253 g/mol. The highest BCUT2D eigenvalue weighted by Crippen LogP contribution is 2.24. The van der Waals surface area contributed by atoms with Gasteiger partial charge in [0, 0.05) is 10.5 Å². The van der Waals surface area contributed by atoms with E-state index in [0.717, 1.165) is 16.7 Å². The number of hydrogen-bond donors (Lipinski definition) is 0. The van der Waals surface area contributed by atoms with Gasteiger partial charge in [0.1, 0.15) is 0 Å². The molecule has 0 fully saturated rings. The van der Waals surface area contributed by atoms with Gasteiger partial charge in [-0.1, -0.05) is 43.0 Å². The fourth-order valence-corrected chi connectivity index (χ4v) is 1.65. The Morgan fingerprint density at radius 1 is 1.42 bits per heavy atom. The Kier molecular flexibility index (Phi) is 5.33. The highest BCUT2D eigenvalue weighted by atomic mass is 16.1. The second-order valence-electron chi connectivity index (χ2n) is 3.86. The molecule has 0 saturated heterocycles. The SMILES string of the molecule is C=C/C=C(\C(C)=C/C)c1cccc(C(=O)N=[N+]=[N-])c1. The number of rotatable bonds is 4. The van der Waals surface area contributed by atoms with Gasteiger partial charge in [0.2, 0.25) is 5.91 Å². The predicted octanol–water partition coefficient (Wildman–Crippen LogP) is 4.67. The molecule has 0 aromatic heterocycles. The van der Waals surface area contributed by atoms with Crippen molar-refractivity contribution in [1.82, 2.24) is 0 Å². The van der Waals surface area contributed by atoms with Crippen LogP contribution in [0.15, 0.2) is 59.8 Å². The van der Waals surface area contributed by atoms with Gasteiger partial charge in [-0.2, -0.15) is 0 Å². The lowest BCUT2D eigenvalue weighted by Gasteiger charge is -2.08. The summed E-state index contributed by atoms with van der Waals surface area (Å²) in [6.45, 7) is 7.62. The molecule has 19 heavy (non-hydrogen) atoms. The zero-order valence-corrected chi connectivity index (χ0v) is 11.0. The number of hydrogen-bond acceptors (Lipinski definition) is 1. The molecule has 4 heteroatoms. The molecule has 96 valence electrons. The summed E-state index contributed by atoms with van der Waals surface area (Å²) >= 11 is 0. The zero-order valence-electron chi connectivity index (χ0n) is 11.0. The molecule has 0 heterocycles. The maximum atomic E-state index is 11.5. The van der Waals surface area contributed by atoms with E-state index in [-0.39, 0.29) is 0 Å². The molecule has 0 aliphatic carbocycles. The Hall–Kier alpha value is -2.58. The number of carbonyl (C=O) groups is 1. The molecule has 0 spiro atoms. The van der Waals surface area contributed by atoms with Crippen LogP contribution in [0, 0.1) is 0 Å². The van der Waals surface area contributed by atoms with E-state index in [0.29, 0.717) is 5.56 Å². The summed E-state index contributed by atoms with van der Waals surface area (Å²) in [4.78, 5) is 14.0. The first-order valence-electron chi connectivity index (χ1n) is 5.80. The lowest BCUT2D eigenvalue weighted by Crippen LogP contribution is -1.95. The number of benzene rings is 1. The van der Waals surface area contributed by atoms with E-state index < -0.39 is 5.91 Å². The van der Waals surface area contributed by atoms with Crippen molar-refractivity contribution >= 4 is 11.5 Å². The van der Waals surface area contributed by atoms with E-state index in [1.165, 1.54) is 0 Å². The molecule has 0 atom stereocenters. The van der Waals surface area contributed by atoms with Gasteiger partial charge in [-0.05, 0) is 47.3 Å². The summed E-state index contributed by atoms with van der Waals surface area (Å²) in [5, 5.41) is 3.09. The van der Waals surface area contributed by atoms with Crippen LogP contribution in [0.25, 0.3) is 16.0 Å². The number of nitrogens with zero attached hydrogens (tertiary/aromatic N) is 3. The van der Waals surface area contributed by atoms with Gasteiger partial charge in [0.25, 0.3) is 0 Å². The number of azide groups is 1. The van der Waals surface area contributed by atoms with Crippen molar-refractivity contribution < 1.29 is 4.79 Å². The Balaban J connectivity index is 3.31. The molecule has 1 aromatic carbocycles. The fourth-order valence-electron chi connectivity index (χ4n) is 1.65. The standard InChI is InChI=1S/C15H15N3O/c1-4-7-14(11(3)5-2)12-8-6-9-13(10-12)15(19)17-18-16/h4-10H,1H2,2-3H3/b11-5-,14-7+.